The second-order valence-corrected chi connectivity index (χ2v) is 10.4. The smallest absolute Gasteiger partial charge is 0.229 e. The molecule has 4 heterocycles. The van der Waals surface area contributed by atoms with Crippen molar-refractivity contribution < 1.29 is 5.11 Å². The molecule has 0 saturated carbocycles. The predicted octanol–water partition coefficient (Wildman–Crippen LogP) is 3.94. The molecule has 2 fully saturated rings. The number of β-amino-alcohol motifs (C(OH)–C–C–N with tert-alkyl or cyclic N) is 1. The molecule has 35 heavy (non-hydrogen) atoms. The summed E-state index contributed by atoms with van der Waals surface area (Å²) in [7, 11) is 0. The number of nitrogens with zero attached hydrogens (tertiary/aromatic N) is 6. The summed E-state index contributed by atoms with van der Waals surface area (Å²) >= 11 is 0. The summed E-state index contributed by atoms with van der Waals surface area (Å²) in [6.07, 6.45) is 6.80. The maximum atomic E-state index is 9.21. The van der Waals surface area contributed by atoms with Crippen LogP contribution in [-0.2, 0) is 6.54 Å². The monoisotopic (exact) mass is 477 g/mol. The highest BCUT2D eigenvalue weighted by molar-refractivity contribution is 5.84. The van der Waals surface area contributed by atoms with E-state index in [1.807, 2.05) is 12.4 Å². The Hall–Kier alpha value is -2.71. The lowest BCUT2D eigenvalue weighted by Crippen LogP contribution is -2.42. The zero-order valence-electron chi connectivity index (χ0n) is 21.1. The molecule has 0 unspecified atom stereocenters. The van der Waals surface area contributed by atoms with Gasteiger partial charge in [-0.3, -0.25) is 0 Å². The Kier molecular flexibility index (Phi) is 7.48. The number of piperidine rings is 2. The number of rotatable bonds is 8. The Labute approximate surface area is 208 Å². The molecule has 2 aliphatic rings. The molecule has 3 aromatic rings. The molecular formula is C27H39N7O. The third-order valence-corrected chi connectivity index (χ3v) is 7.81. The molecule has 2 N–H and O–H groups in total. The molecule has 0 bridgehead atoms. The molecule has 0 radical (unpaired) electrons. The van der Waals surface area contributed by atoms with Crippen LogP contribution < -0.4 is 10.2 Å². The van der Waals surface area contributed by atoms with Crippen LogP contribution in [0.5, 0.6) is 0 Å². The number of fused-ring (bicyclic) bond motifs is 1. The molecule has 188 valence electrons. The standard InChI is InChI=1S/C27H39N7O/c1-20(2)34-19-29-24-25(28-18-21-6-4-3-5-7-21)30-27(31-26(24)34)33-14-10-23(11-15-33)22-8-12-32(13-9-22)16-17-35/h3-7,19-20,22-23,35H,8-18H2,1-2H3,(H,28,30,31). The van der Waals surface area contributed by atoms with Crippen molar-refractivity contribution >= 4 is 22.9 Å². The van der Waals surface area contributed by atoms with Crippen molar-refractivity contribution in [2.45, 2.75) is 52.1 Å². The van der Waals surface area contributed by atoms with Crippen LogP contribution in [0.1, 0.15) is 51.1 Å². The first kappa shape index (κ1) is 24.0. The number of hydrogen-bond acceptors (Lipinski definition) is 7. The van der Waals surface area contributed by atoms with E-state index in [2.05, 4.69) is 62.8 Å². The van der Waals surface area contributed by atoms with E-state index in [1.54, 1.807) is 0 Å². The molecule has 0 atom stereocenters. The number of hydrogen-bond donors (Lipinski definition) is 2. The summed E-state index contributed by atoms with van der Waals surface area (Å²) in [5.74, 6) is 3.21. The maximum Gasteiger partial charge on any atom is 0.229 e. The average molecular weight is 478 g/mol. The first-order valence-electron chi connectivity index (χ1n) is 13.2. The van der Waals surface area contributed by atoms with E-state index in [1.165, 1.54) is 31.2 Å². The lowest BCUT2D eigenvalue weighted by atomic mass is 9.79. The third kappa shape index (κ3) is 5.43. The Balaban J connectivity index is 1.30. The van der Waals surface area contributed by atoms with Gasteiger partial charge in [0, 0.05) is 32.2 Å². The van der Waals surface area contributed by atoms with Crippen molar-refractivity contribution in [2.24, 2.45) is 11.8 Å². The van der Waals surface area contributed by atoms with Crippen LogP contribution >= 0.6 is 0 Å². The minimum atomic E-state index is 0.269. The number of nitrogens with one attached hydrogen (secondary N) is 1. The van der Waals surface area contributed by atoms with Gasteiger partial charge in [-0.05, 0) is 70.0 Å². The number of likely N-dealkylation sites (tertiary alicyclic amines) is 1. The molecular weight excluding hydrogens is 438 g/mol. The third-order valence-electron chi connectivity index (χ3n) is 7.81. The van der Waals surface area contributed by atoms with Gasteiger partial charge in [0.25, 0.3) is 0 Å². The minimum absolute atomic E-state index is 0.269. The summed E-state index contributed by atoms with van der Waals surface area (Å²) in [5.41, 5.74) is 2.96. The van der Waals surface area contributed by atoms with Gasteiger partial charge in [-0.2, -0.15) is 9.97 Å². The molecule has 8 nitrogen and oxygen atoms in total. The van der Waals surface area contributed by atoms with E-state index < -0.39 is 0 Å². The van der Waals surface area contributed by atoms with Crippen LogP contribution in [0, 0.1) is 11.8 Å². The van der Waals surface area contributed by atoms with E-state index in [0.29, 0.717) is 6.54 Å². The van der Waals surface area contributed by atoms with Gasteiger partial charge in [0.05, 0.1) is 12.9 Å². The molecule has 5 rings (SSSR count). The fourth-order valence-electron chi connectivity index (χ4n) is 5.69. The normalized spacial score (nSPS) is 18.6. The number of aliphatic hydroxyl groups is 1. The molecule has 1 aromatic carbocycles. The molecule has 2 aromatic heterocycles. The molecule has 2 aliphatic heterocycles. The fraction of sp³-hybridized carbons (Fsp3) is 0.593. The minimum Gasteiger partial charge on any atom is -0.395 e. The highest BCUT2D eigenvalue weighted by Gasteiger charge is 2.30. The van der Waals surface area contributed by atoms with Crippen LogP contribution in [-0.4, -0.2) is 68.9 Å². The van der Waals surface area contributed by atoms with Crippen LogP contribution in [0.2, 0.25) is 0 Å². The van der Waals surface area contributed by atoms with Crippen molar-refractivity contribution in [3.63, 3.8) is 0 Å². The average Bonchev–Trinajstić information content (AvgIpc) is 3.33. The van der Waals surface area contributed by atoms with Crippen molar-refractivity contribution in [3.8, 4) is 0 Å². The van der Waals surface area contributed by atoms with Gasteiger partial charge in [-0.1, -0.05) is 30.3 Å². The summed E-state index contributed by atoms with van der Waals surface area (Å²) in [6.45, 7) is 10.4. The van der Waals surface area contributed by atoms with E-state index in [0.717, 1.165) is 67.5 Å². The van der Waals surface area contributed by atoms with Gasteiger partial charge >= 0.3 is 0 Å². The van der Waals surface area contributed by atoms with Crippen LogP contribution in [0.3, 0.4) is 0 Å². The number of imidazole rings is 1. The number of aromatic nitrogens is 4. The van der Waals surface area contributed by atoms with E-state index in [4.69, 9.17) is 9.97 Å². The molecule has 0 aliphatic carbocycles. The van der Waals surface area contributed by atoms with Gasteiger partial charge in [0.15, 0.2) is 17.0 Å². The summed E-state index contributed by atoms with van der Waals surface area (Å²) in [4.78, 5) is 19.4. The predicted molar refractivity (Wildman–Crippen MR) is 141 cm³/mol. The first-order chi connectivity index (χ1) is 17.1. The Morgan fingerprint density at radius 2 is 1.66 bits per heavy atom. The SMILES string of the molecule is CC(C)n1cnc2c(NCc3ccccc3)nc(N3CCC(C4CCN(CCO)CC4)CC3)nc21. The molecule has 0 amide bonds. The van der Waals surface area contributed by atoms with Gasteiger partial charge in [-0.15, -0.1) is 0 Å². The fourth-order valence-corrected chi connectivity index (χ4v) is 5.69. The number of anilines is 2. The Morgan fingerprint density at radius 1 is 0.971 bits per heavy atom. The van der Waals surface area contributed by atoms with E-state index >= 15 is 0 Å². The van der Waals surface area contributed by atoms with Crippen LogP contribution in [0.15, 0.2) is 36.7 Å². The van der Waals surface area contributed by atoms with Crippen LogP contribution in [0.25, 0.3) is 11.2 Å². The van der Waals surface area contributed by atoms with Crippen molar-refractivity contribution in [1.82, 2.24) is 24.4 Å². The number of benzene rings is 1. The zero-order valence-corrected chi connectivity index (χ0v) is 21.1. The largest absolute Gasteiger partial charge is 0.395 e. The second kappa shape index (κ2) is 10.9. The topological polar surface area (TPSA) is 82.3 Å². The quantitative estimate of drug-likeness (QED) is 0.508. The van der Waals surface area contributed by atoms with Gasteiger partial charge in [-0.25, -0.2) is 4.98 Å². The lowest BCUT2D eigenvalue weighted by Gasteiger charge is -2.40. The summed E-state index contributed by atoms with van der Waals surface area (Å²) < 4.78 is 2.14. The second-order valence-electron chi connectivity index (χ2n) is 10.4. The van der Waals surface area contributed by atoms with Gasteiger partial charge in [0.2, 0.25) is 5.95 Å². The maximum absolute atomic E-state index is 9.21. The van der Waals surface area contributed by atoms with Gasteiger partial charge in [0.1, 0.15) is 0 Å². The number of aliphatic hydroxyl groups excluding tert-OH is 1. The highest BCUT2D eigenvalue weighted by Crippen LogP contribution is 2.34. The highest BCUT2D eigenvalue weighted by atomic mass is 16.3. The van der Waals surface area contributed by atoms with Crippen molar-refractivity contribution in [2.75, 3.05) is 49.5 Å². The zero-order chi connectivity index (χ0) is 24.2. The van der Waals surface area contributed by atoms with Crippen molar-refractivity contribution in [1.29, 1.82) is 0 Å². The van der Waals surface area contributed by atoms with E-state index in [9.17, 15) is 5.11 Å². The summed E-state index contributed by atoms with van der Waals surface area (Å²) in [5, 5.41) is 12.7. The first-order valence-corrected chi connectivity index (χ1v) is 13.2. The summed E-state index contributed by atoms with van der Waals surface area (Å²) in [6, 6.07) is 10.7. The molecule has 8 heteroatoms. The molecule has 0 spiro atoms. The molecule has 2 saturated heterocycles. The van der Waals surface area contributed by atoms with E-state index in [-0.39, 0.29) is 12.6 Å². The van der Waals surface area contributed by atoms with Gasteiger partial charge < -0.3 is 24.8 Å². The van der Waals surface area contributed by atoms with Crippen LogP contribution in [0.4, 0.5) is 11.8 Å². The Bertz CT molecular complexity index is 1080. The lowest BCUT2D eigenvalue weighted by molar-refractivity contribution is 0.115. The Morgan fingerprint density at radius 3 is 2.31 bits per heavy atom. The van der Waals surface area contributed by atoms with Crippen molar-refractivity contribution in [3.05, 3.63) is 42.2 Å².